The molecule has 31 heavy (non-hydrogen) atoms. The zero-order chi connectivity index (χ0) is 22.1. The smallest absolute Gasteiger partial charge is 0.166 e. The third kappa shape index (κ3) is 7.99. The van der Waals surface area contributed by atoms with Gasteiger partial charge in [-0.3, -0.25) is 0 Å². The molecule has 2 aliphatic carbocycles. The molecular weight excluding hydrogens is 393 g/mol. The van der Waals surface area contributed by atoms with Gasteiger partial charge in [0.1, 0.15) is 0 Å². The number of alkyl halides is 3. The summed E-state index contributed by atoms with van der Waals surface area (Å²) in [7, 11) is 0. The number of halogens is 3. The molecular formula is C28H41F3. The molecule has 0 aromatic heterocycles. The molecule has 0 unspecified atom stereocenters. The molecule has 1 aromatic carbocycles. The second-order valence-corrected chi connectivity index (χ2v) is 10.1. The van der Waals surface area contributed by atoms with Gasteiger partial charge in [0, 0.05) is 0 Å². The van der Waals surface area contributed by atoms with Crippen LogP contribution in [0.5, 0.6) is 0 Å². The minimum Gasteiger partial charge on any atom is -0.166 e. The van der Waals surface area contributed by atoms with Crippen LogP contribution in [0.2, 0.25) is 0 Å². The van der Waals surface area contributed by atoms with Crippen LogP contribution in [-0.4, -0.2) is 0 Å². The lowest BCUT2D eigenvalue weighted by molar-refractivity contribution is -0.137. The van der Waals surface area contributed by atoms with Crippen LogP contribution in [0.25, 0.3) is 0 Å². The third-order valence-electron chi connectivity index (χ3n) is 7.81. The standard InChI is InChI=1S/C28H41F3/c1-2-3-4-7-22-10-12-23(13-11-22)8-5-6-9-24-14-16-25(17-15-24)26-18-20-27(21-19-26)28(29,30)31/h5,8,18-25H,2-4,6-7,9-17H2,1H3/b8-5+. The Balaban J connectivity index is 1.30. The molecule has 3 heteroatoms. The summed E-state index contributed by atoms with van der Waals surface area (Å²) in [4.78, 5) is 0. The van der Waals surface area contributed by atoms with Gasteiger partial charge in [-0.2, -0.15) is 13.2 Å². The summed E-state index contributed by atoms with van der Waals surface area (Å²) in [5.41, 5.74) is 0.540. The summed E-state index contributed by atoms with van der Waals surface area (Å²) in [6, 6.07) is 5.86. The van der Waals surface area contributed by atoms with Crippen molar-refractivity contribution in [1.82, 2.24) is 0 Å². The highest BCUT2D eigenvalue weighted by Gasteiger charge is 2.30. The average Bonchev–Trinajstić information content (AvgIpc) is 2.78. The lowest BCUT2D eigenvalue weighted by Gasteiger charge is -2.29. The number of rotatable bonds is 9. The van der Waals surface area contributed by atoms with Crippen LogP contribution < -0.4 is 0 Å². The van der Waals surface area contributed by atoms with E-state index in [1.54, 1.807) is 12.1 Å². The largest absolute Gasteiger partial charge is 0.416 e. The molecule has 1 aromatic rings. The van der Waals surface area contributed by atoms with Crippen LogP contribution in [0, 0.1) is 17.8 Å². The summed E-state index contributed by atoms with van der Waals surface area (Å²) < 4.78 is 38.2. The van der Waals surface area contributed by atoms with Gasteiger partial charge in [-0.05, 0) is 106 Å². The maximum atomic E-state index is 12.7. The van der Waals surface area contributed by atoms with Crippen molar-refractivity contribution in [3.63, 3.8) is 0 Å². The molecule has 0 saturated heterocycles. The van der Waals surface area contributed by atoms with Gasteiger partial charge in [-0.25, -0.2) is 0 Å². The lowest BCUT2D eigenvalue weighted by atomic mass is 9.77. The van der Waals surface area contributed by atoms with Gasteiger partial charge in [0.05, 0.1) is 5.56 Å². The van der Waals surface area contributed by atoms with E-state index in [0.717, 1.165) is 36.2 Å². The van der Waals surface area contributed by atoms with Crippen LogP contribution in [0.4, 0.5) is 13.2 Å². The summed E-state index contributed by atoms with van der Waals surface area (Å²) in [5, 5.41) is 0. The molecule has 0 atom stereocenters. The van der Waals surface area contributed by atoms with Crippen molar-refractivity contribution in [2.45, 2.75) is 109 Å². The molecule has 0 heterocycles. The van der Waals surface area contributed by atoms with E-state index in [4.69, 9.17) is 0 Å². The first-order valence-corrected chi connectivity index (χ1v) is 12.8. The highest BCUT2D eigenvalue weighted by Crippen LogP contribution is 2.39. The van der Waals surface area contributed by atoms with Gasteiger partial charge in [0.25, 0.3) is 0 Å². The van der Waals surface area contributed by atoms with Crippen molar-refractivity contribution in [2.24, 2.45) is 17.8 Å². The van der Waals surface area contributed by atoms with E-state index in [1.807, 2.05) is 0 Å². The Morgan fingerprint density at radius 2 is 1.42 bits per heavy atom. The number of allylic oxidation sites excluding steroid dienone is 2. The fraction of sp³-hybridized carbons (Fsp3) is 0.714. The Hall–Kier alpha value is -1.25. The van der Waals surface area contributed by atoms with Crippen molar-refractivity contribution >= 4 is 0 Å². The van der Waals surface area contributed by atoms with Crippen molar-refractivity contribution in [2.75, 3.05) is 0 Å². The Labute approximate surface area is 187 Å². The molecule has 0 spiro atoms. The van der Waals surface area contributed by atoms with Crippen molar-refractivity contribution < 1.29 is 13.2 Å². The summed E-state index contributed by atoms with van der Waals surface area (Å²) in [6.07, 6.45) is 19.0. The highest BCUT2D eigenvalue weighted by atomic mass is 19.4. The third-order valence-corrected chi connectivity index (χ3v) is 7.81. The number of benzene rings is 1. The van der Waals surface area contributed by atoms with E-state index in [9.17, 15) is 13.2 Å². The van der Waals surface area contributed by atoms with E-state index in [2.05, 4.69) is 19.1 Å². The molecule has 3 rings (SSSR count). The van der Waals surface area contributed by atoms with E-state index >= 15 is 0 Å². The minimum absolute atomic E-state index is 0.432. The zero-order valence-electron chi connectivity index (χ0n) is 19.3. The van der Waals surface area contributed by atoms with Gasteiger partial charge >= 0.3 is 6.18 Å². The zero-order valence-corrected chi connectivity index (χ0v) is 19.3. The Kier molecular flexibility index (Phi) is 9.53. The normalized spacial score (nSPS) is 27.6. The molecule has 0 nitrogen and oxygen atoms in total. The second-order valence-electron chi connectivity index (χ2n) is 10.1. The predicted molar refractivity (Wildman–Crippen MR) is 124 cm³/mol. The molecule has 174 valence electrons. The van der Waals surface area contributed by atoms with Gasteiger partial charge in [-0.1, -0.05) is 56.9 Å². The van der Waals surface area contributed by atoms with Gasteiger partial charge in [-0.15, -0.1) is 0 Å². The molecule has 0 radical (unpaired) electrons. The Morgan fingerprint density at radius 3 is 2.03 bits per heavy atom. The van der Waals surface area contributed by atoms with E-state index in [-0.39, 0.29) is 0 Å². The maximum absolute atomic E-state index is 12.7. The van der Waals surface area contributed by atoms with Crippen LogP contribution in [0.1, 0.15) is 114 Å². The van der Waals surface area contributed by atoms with Crippen molar-refractivity contribution in [3.05, 3.63) is 47.5 Å². The number of unbranched alkanes of at least 4 members (excludes halogenated alkanes) is 2. The highest BCUT2D eigenvalue weighted by molar-refractivity contribution is 5.27. The van der Waals surface area contributed by atoms with Crippen LogP contribution in [0.15, 0.2) is 36.4 Å². The van der Waals surface area contributed by atoms with Crippen LogP contribution >= 0.6 is 0 Å². The molecule has 2 fully saturated rings. The Bertz CT molecular complexity index is 642. The topological polar surface area (TPSA) is 0 Å². The molecule has 0 N–H and O–H groups in total. The minimum atomic E-state index is -4.24. The van der Waals surface area contributed by atoms with Crippen molar-refractivity contribution in [1.29, 1.82) is 0 Å². The van der Waals surface area contributed by atoms with E-state index in [1.165, 1.54) is 89.2 Å². The van der Waals surface area contributed by atoms with Gasteiger partial charge in [0.15, 0.2) is 0 Å². The quantitative estimate of drug-likeness (QED) is 0.268. The van der Waals surface area contributed by atoms with E-state index in [0.29, 0.717) is 5.92 Å². The van der Waals surface area contributed by atoms with E-state index < -0.39 is 11.7 Å². The predicted octanol–water partition coefficient (Wildman–Crippen LogP) is 9.70. The summed E-state index contributed by atoms with van der Waals surface area (Å²) >= 11 is 0. The lowest BCUT2D eigenvalue weighted by Crippen LogP contribution is -2.14. The summed E-state index contributed by atoms with van der Waals surface area (Å²) in [5.74, 6) is 3.00. The van der Waals surface area contributed by atoms with Crippen LogP contribution in [0.3, 0.4) is 0 Å². The van der Waals surface area contributed by atoms with Gasteiger partial charge in [0.2, 0.25) is 0 Å². The molecule has 2 aliphatic rings. The number of hydrogen-bond donors (Lipinski definition) is 0. The fourth-order valence-corrected chi connectivity index (χ4v) is 5.70. The monoisotopic (exact) mass is 434 g/mol. The molecule has 0 aliphatic heterocycles. The maximum Gasteiger partial charge on any atom is 0.416 e. The summed E-state index contributed by atoms with van der Waals surface area (Å²) in [6.45, 7) is 2.28. The van der Waals surface area contributed by atoms with Crippen LogP contribution in [-0.2, 0) is 6.18 Å². The first-order chi connectivity index (χ1) is 15.0. The van der Waals surface area contributed by atoms with Crippen molar-refractivity contribution in [3.8, 4) is 0 Å². The Morgan fingerprint density at radius 1 is 0.806 bits per heavy atom. The number of hydrogen-bond acceptors (Lipinski definition) is 0. The van der Waals surface area contributed by atoms with Gasteiger partial charge < -0.3 is 0 Å². The SMILES string of the molecule is CCCCCC1CCC(/C=C/CCC2CCC(c3ccc(C(F)(F)F)cc3)CC2)CC1. The molecule has 2 saturated carbocycles. The second kappa shape index (κ2) is 12.1. The molecule has 0 bridgehead atoms. The first kappa shape index (κ1) is 24.4. The average molecular weight is 435 g/mol. The first-order valence-electron chi connectivity index (χ1n) is 12.8. The fourth-order valence-electron chi connectivity index (χ4n) is 5.70. The molecule has 0 amide bonds.